The Morgan fingerprint density at radius 2 is 1.86 bits per heavy atom. The quantitative estimate of drug-likeness (QED) is 0.223. The van der Waals surface area contributed by atoms with E-state index in [-0.39, 0.29) is 4.90 Å². The molecule has 0 aliphatic rings. The predicted octanol–water partition coefficient (Wildman–Crippen LogP) is 5.08. The lowest BCUT2D eigenvalue weighted by Gasteiger charge is -2.19. The van der Waals surface area contributed by atoms with E-state index in [0.29, 0.717) is 29.5 Å². The van der Waals surface area contributed by atoms with Crippen LogP contribution in [0.1, 0.15) is 29.1 Å². The standard InChI is InChI=1S/C24H24N4O4S3/c1-4-27(5-2)35(30,31)20-11-8-17(9-12-20)23(29)28(25-16-19-7-6-14-33-19)24-26-21-13-10-18(32-3)15-22(21)34-24/h6-16H,4-5H2,1-3H3/b25-16+. The van der Waals surface area contributed by atoms with Crippen LogP contribution in [0.2, 0.25) is 0 Å². The van der Waals surface area contributed by atoms with E-state index in [1.54, 1.807) is 27.2 Å². The van der Waals surface area contributed by atoms with Crippen molar-refractivity contribution in [1.29, 1.82) is 0 Å². The summed E-state index contributed by atoms with van der Waals surface area (Å²) in [5.41, 5.74) is 1.01. The Balaban J connectivity index is 1.70. The molecule has 182 valence electrons. The molecular weight excluding hydrogens is 504 g/mol. The molecule has 2 heterocycles. The summed E-state index contributed by atoms with van der Waals surface area (Å²) in [5, 5.41) is 7.99. The maximum Gasteiger partial charge on any atom is 0.280 e. The molecule has 0 saturated carbocycles. The molecule has 0 unspecified atom stereocenters. The highest BCUT2D eigenvalue weighted by Crippen LogP contribution is 2.32. The van der Waals surface area contributed by atoms with Crippen LogP contribution < -0.4 is 9.75 Å². The second-order valence-corrected chi connectivity index (χ2v) is 11.2. The maximum absolute atomic E-state index is 13.5. The Morgan fingerprint density at radius 1 is 1.11 bits per heavy atom. The average Bonchev–Trinajstić information content (AvgIpc) is 3.54. The van der Waals surface area contributed by atoms with Crippen LogP contribution in [0.5, 0.6) is 5.75 Å². The van der Waals surface area contributed by atoms with E-state index in [4.69, 9.17) is 4.74 Å². The number of amides is 1. The molecule has 1 amide bonds. The molecular formula is C24H24N4O4S3. The van der Waals surface area contributed by atoms with Crippen molar-refractivity contribution in [2.24, 2.45) is 5.10 Å². The summed E-state index contributed by atoms with van der Waals surface area (Å²) in [7, 11) is -2.03. The van der Waals surface area contributed by atoms with Gasteiger partial charge in [-0.15, -0.1) is 11.3 Å². The van der Waals surface area contributed by atoms with Crippen molar-refractivity contribution >= 4 is 60.2 Å². The molecule has 0 radical (unpaired) electrons. The first kappa shape index (κ1) is 25.0. The van der Waals surface area contributed by atoms with Crippen molar-refractivity contribution in [2.75, 3.05) is 25.2 Å². The molecule has 0 aliphatic carbocycles. The van der Waals surface area contributed by atoms with Crippen LogP contribution in [0.4, 0.5) is 5.13 Å². The zero-order valence-corrected chi connectivity index (χ0v) is 21.9. The van der Waals surface area contributed by atoms with Gasteiger partial charge in [0.15, 0.2) is 0 Å². The van der Waals surface area contributed by atoms with Gasteiger partial charge in [0.1, 0.15) is 5.75 Å². The number of hydrazone groups is 1. The fraction of sp³-hybridized carbons (Fsp3) is 0.208. The van der Waals surface area contributed by atoms with Gasteiger partial charge >= 0.3 is 0 Å². The van der Waals surface area contributed by atoms with Gasteiger partial charge in [-0.25, -0.2) is 13.4 Å². The summed E-state index contributed by atoms with van der Waals surface area (Å²) in [6.07, 6.45) is 1.61. The van der Waals surface area contributed by atoms with E-state index < -0.39 is 15.9 Å². The number of nitrogens with zero attached hydrogens (tertiary/aromatic N) is 4. The van der Waals surface area contributed by atoms with E-state index in [2.05, 4.69) is 10.1 Å². The van der Waals surface area contributed by atoms with Crippen LogP contribution in [-0.2, 0) is 10.0 Å². The van der Waals surface area contributed by atoms with Crippen LogP contribution in [0.25, 0.3) is 10.2 Å². The number of carbonyl (C=O) groups is 1. The van der Waals surface area contributed by atoms with Crippen molar-refractivity contribution in [3.8, 4) is 5.75 Å². The van der Waals surface area contributed by atoms with Crippen LogP contribution in [0.3, 0.4) is 0 Å². The summed E-state index contributed by atoms with van der Waals surface area (Å²) in [4.78, 5) is 19.1. The average molecular weight is 529 g/mol. The highest BCUT2D eigenvalue weighted by atomic mass is 32.2. The highest BCUT2D eigenvalue weighted by molar-refractivity contribution is 7.89. The SMILES string of the molecule is CCN(CC)S(=O)(=O)c1ccc(C(=O)N(/N=C/c2cccs2)c2nc3ccc(OC)cc3s2)cc1. The monoisotopic (exact) mass is 528 g/mol. The number of carbonyl (C=O) groups excluding carboxylic acids is 1. The minimum absolute atomic E-state index is 0.137. The fourth-order valence-corrected chi connectivity index (χ4v) is 6.37. The number of thiophene rings is 1. The second kappa shape index (κ2) is 10.6. The van der Waals surface area contributed by atoms with Gasteiger partial charge in [-0.1, -0.05) is 31.3 Å². The molecule has 2 aromatic carbocycles. The molecule has 35 heavy (non-hydrogen) atoms. The highest BCUT2D eigenvalue weighted by Gasteiger charge is 2.24. The van der Waals surface area contributed by atoms with Crippen LogP contribution in [0.15, 0.2) is 70.0 Å². The van der Waals surface area contributed by atoms with E-state index in [0.717, 1.165) is 15.1 Å². The van der Waals surface area contributed by atoms with Gasteiger partial charge in [0.05, 0.1) is 28.4 Å². The second-order valence-electron chi connectivity index (χ2n) is 7.32. The zero-order chi connectivity index (χ0) is 25.0. The number of aromatic nitrogens is 1. The van der Waals surface area contributed by atoms with Gasteiger partial charge in [0.25, 0.3) is 5.91 Å². The Labute approximate surface area is 212 Å². The predicted molar refractivity (Wildman–Crippen MR) is 141 cm³/mol. The minimum atomic E-state index is -3.62. The lowest BCUT2D eigenvalue weighted by molar-refractivity contribution is 0.0987. The van der Waals surface area contributed by atoms with Crippen LogP contribution in [-0.4, -0.2) is 50.0 Å². The number of fused-ring (bicyclic) bond motifs is 1. The van der Waals surface area contributed by atoms with Gasteiger partial charge in [-0.3, -0.25) is 4.79 Å². The molecule has 0 fully saturated rings. The zero-order valence-electron chi connectivity index (χ0n) is 19.4. The summed E-state index contributed by atoms with van der Waals surface area (Å²) in [6, 6.07) is 15.2. The minimum Gasteiger partial charge on any atom is -0.497 e. The molecule has 0 N–H and O–H groups in total. The van der Waals surface area contributed by atoms with E-state index in [1.165, 1.54) is 56.3 Å². The number of rotatable bonds is 9. The fourth-order valence-electron chi connectivity index (χ4n) is 3.38. The number of thiazole rings is 1. The number of anilines is 1. The molecule has 0 atom stereocenters. The summed E-state index contributed by atoms with van der Waals surface area (Å²) < 4.78 is 33.1. The molecule has 4 rings (SSSR count). The van der Waals surface area contributed by atoms with Gasteiger partial charge in [-0.05, 0) is 53.9 Å². The number of ether oxygens (including phenoxy) is 1. The van der Waals surface area contributed by atoms with Crippen molar-refractivity contribution in [3.63, 3.8) is 0 Å². The summed E-state index contributed by atoms with van der Waals surface area (Å²) in [5.74, 6) is 0.272. The Hall–Kier alpha value is -3.12. The lowest BCUT2D eigenvalue weighted by Crippen LogP contribution is -2.30. The van der Waals surface area contributed by atoms with Crippen molar-refractivity contribution in [3.05, 3.63) is 70.4 Å². The third-order valence-corrected chi connectivity index (χ3v) is 9.11. The normalized spacial score (nSPS) is 12.0. The Morgan fingerprint density at radius 3 is 2.49 bits per heavy atom. The number of benzene rings is 2. The summed E-state index contributed by atoms with van der Waals surface area (Å²) >= 11 is 2.81. The van der Waals surface area contributed by atoms with Crippen LogP contribution in [0, 0.1) is 0 Å². The van der Waals surface area contributed by atoms with Gasteiger partial charge < -0.3 is 4.74 Å². The summed E-state index contributed by atoms with van der Waals surface area (Å²) in [6.45, 7) is 4.31. The van der Waals surface area contributed by atoms with Gasteiger partial charge in [-0.2, -0.15) is 14.4 Å². The Kier molecular flexibility index (Phi) is 7.60. The lowest BCUT2D eigenvalue weighted by atomic mass is 10.2. The van der Waals surface area contributed by atoms with E-state index in [1.807, 2.05) is 35.7 Å². The van der Waals surface area contributed by atoms with E-state index in [9.17, 15) is 13.2 Å². The van der Waals surface area contributed by atoms with Crippen LogP contribution >= 0.6 is 22.7 Å². The first-order chi connectivity index (χ1) is 16.9. The number of methoxy groups -OCH3 is 1. The molecule has 0 saturated heterocycles. The molecule has 4 aromatic rings. The molecule has 0 spiro atoms. The first-order valence-electron chi connectivity index (χ1n) is 10.8. The topological polar surface area (TPSA) is 92.2 Å². The number of hydrogen-bond donors (Lipinski definition) is 0. The molecule has 0 aliphatic heterocycles. The van der Waals surface area contributed by atoms with Crippen molar-refractivity contribution in [1.82, 2.24) is 9.29 Å². The first-order valence-corrected chi connectivity index (χ1v) is 14.0. The maximum atomic E-state index is 13.5. The third-order valence-electron chi connectivity index (χ3n) is 5.25. The largest absolute Gasteiger partial charge is 0.497 e. The van der Waals surface area contributed by atoms with Gasteiger partial charge in [0, 0.05) is 23.5 Å². The van der Waals surface area contributed by atoms with Crippen molar-refractivity contribution in [2.45, 2.75) is 18.7 Å². The Bertz CT molecular complexity index is 1440. The third kappa shape index (κ3) is 5.27. The van der Waals surface area contributed by atoms with E-state index >= 15 is 0 Å². The van der Waals surface area contributed by atoms with Gasteiger partial charge in [0.2, 0.25) is 15.2 Å². The molecule has 8 nitrogen and oxygen atoms in total. The van der Waals surface area contributed by atoms with Crippen molar-refractivity contribution < 1.29 is 17.9 Å². The smallest absolute Gasteiger partial charge is 0.280 e. The number of hydrogen-bond acceptors (Lipinski definition) is 8. The molecule has 11 heteroatoms. The molecule has 0 bridgehead atoms. The number of sulfonamides is 1. The molecule has 2 aromatic heterocycles.